The molecule has 1 aromatic rings. The van der Waals surface area contributed by atoms with Gasteiger partial charge in [-0.1, -0.05) is 24.9 Å². The Hall–Kier alpha value is -1.09. The third-order valence-electron chi connectivity index (χ3n) is 3.81. The summed E-state index contributed by atoms with van der Waals surface area (Å²) in [4.78, 5) is 15.8. The van der Waals surface area contributed by atoms with Crippen LogP contribution in [0, 0.1) is 5.41 Å². The average Bonchev–Trinajstić information content (AvgIpc) is 2.28. The SMILES string of the molecule is CCC1(CNC(=O)c2ccncc2Cl)CCC1. The minimum Gasteiger partial charge on any atom is -0.351 e. The third-order valence-corrected chi connectivity index (χ3v) is 4.11. The van der Waals surface area contributed by atoms with Crippen molar-refractivity contribution in [2.24, 2.45) is 5.41 Å². The van der Waals surface area contributed by atoms with E-state index in [9.17, 15) is 4.79 Å². The summed E-state index contributed by atoms with van der Waals surface area (Å²) in [6.45, 7) is 2.94. The lowest BCUT2D eigenvalue weighted by Gasteiger charge is -2.41. The largest absolute Gasteiger partial charge is 0.351 e. The molecule has 1 N–H and O–H groups in total. The summed E-state index contributed by atoms with van der Waals surface area (Å²) in [6, 6.07) is 1.65. The molecule has 2 rings (SSSR count). The molecule has 0 spiro atoms. The molecule has 0 radical (unpaired) electrons. The predicted molar refractivity (Wildman–Crippen MR) is 68.2 cm³/mol. The fraction of sp³-hybridized carbons (Fsp3) is 0.538. The van der Waals surface area contributed by atoms with E-state index in [2.05, 4.69) is 17.2 Å². The van der Waals surface area contributed by atoms with Crippen LogP contribution in [0.25, 0.3) is 0 Å². The van der Waals surface area contributed by atoms with E-state index in [1.807, 2.05) is 0 Å². The van der Waals surface area contributed by atoms with Crippen LogP contribution >= 0.6 is 11.6 Å². The second-order valence-corrected chi connectivity index (χ2v) is 5.15. The molecule has 1 amide bonds. The number of carbonyl (C=O) groups is 1. The van der Waals surface area contributed by atoms with E-state index in [1.165, 1.54) is 25.5 Å². The van der Waals surface area contributed by atoms with E-state index in [4.69, 9.17) is 11.6 Å². The highest BCUT2D eigenvalue weighted by atomic mass is 35.5. The minimum atomic E-state index is -0.0999. The van der Waals surface area contributed by atoms with Crippen LogP contribution in [0.5, 0.6) is 0 Å². The molecule has 0 bridgehead atoms. The molecule has 1 heterocycles. The van der Waals surface area contributed by atoms with E-state index in [0.29, 0.717) is 16.0 Å². The molecule has 3 nitrogen and oxygen atoms in total. The number of carbonyl (C=O) groups excluding carboxylic acids is 1. The van der Waals surface area contributed by atoms with E-state index < -0.39 is 0 Å². The van der Waals surface area contributed by atoms with Crippen molar-refractivity contribution in [2.75, 3.05) is 6.54 Å². The lowest BCUT2D eigenvalue weighted by atomic mass is 9.67. The molecule has 0 aromatic carbocycles. The molecular formula is C13H17ClN2O. The van der Waals surface area contributed by atoms with E-state index in [-0.39, 0.29) is 5.91 Å². The van der Waals surface area contributed by atoms with Crippen molar-refractivity contribution < 1.29 is 4.79 Å². The van der Waals surface area contributed by atoms with Crippen LogP contribution in [0.15, 0.2) is 18.5 Å². The van der Waals surface area contributed by atoms with Crippen LogP contribution in [0.3, 0.4) is 0 Å². The summed E-state index contributed by atoms with van der Waals surface area (Å²) < 4.78 is 0. The van der Waals surface area contributed by atoms with Crippen molar-refractivity contribution in [1.82, 2.24) is 10.3 Å². The summed E-state index contributed by atoms with van der Waals surface area (Å²) in [5.41, 5.74) is 0.835. The van der Waals surface area contributed by atoms with Crippen molar-refractivity contribution in [3.05, 3.63) is 29.0 Å². The van der Waals surface area contributed by atoms with Gasteiger partial charge in [0.2, 0.25) is 0 Å². The Kier molecular flexibility index (Phi) is 3.67. The number of aromatic nitrogens is 1. The molecule has 0 saturated heterocycles. The van der Waals surface area contributed by atoms with E-state index in [0.717, 1.165) is 13.0 Å². The van der Waals surface area contributed by atoms with Crippen LogP contribution in [-0.4, -0.2) is 17.4 Å². The van der Waals surface area contributed by atoms with Gasteiger partial charge in [-0.25, -0.2) is 0 Å². The quantitative estimate of drug-likeness (QED) is 0.895. The van der Waals surface area contributed by atoms with E-state index >= 15 is 0 Å². The molecule has 0 unspecified atom stereocenters. The van der Waals surface area contributed by atoms with Gasteiger partial charge in [0.1, 0.15) is 0 Å². The van der Waals surface area contributed by atoms with Gasteiger partial charge in [0.15, 0.2) is 0 Å². The topological polar surface area (TPSA) is 42.0 Å². The number of hydrogen-bond donors (Lipinski definition) is 1. The fourth-order valence-corrected chi connectivity index (χ4v) is 2.46. The number of rotatable bonds is 4. The smallest absolute Gasteiger partial charge is 0.252 e. The summed E-state index contributed by atoms with van der Waals surface area (Å²) >= 11 is 5.93. The summed E-state index contributed by atoms with van der Waals surface area (Å²) in [5, 5.41) is 3.39. The number of halogens is 1. The van der Waals surface area contributed by atoms with Gasteiger partial charge in [0, 0.05) is 18.9 Å². The monoisotopic (exact) mass is 252 g/mol. The second-order valence-electron chi connectivity index (χ2n) is 4.75. The van der Waals surface area contributed by atoms with Crippen molar-refractivity contribution in [1.29, 1.82) is 0 Å². The van der Waals surface area contributed by atoms with Gasteiger partial charge in [0.25, 0.3) is 5.91 Å². The maximum absolute atomic E-state index is 11.9. The van der Waals surface area contributed by atoms with Crippen LogP contribution in [0.1, 0.15) is 43.0 Å². The molecular weight excluding hydrogens is 236 g/mol. The van der Waals surface area contributed by atoms with Gasteiger partial charge in [-0.05, 0) is 30.7 Å². The highest BCUT2D eigenvalue weighted by molar-refractivity contribution is 6.33. The first-order valence-electron chi connectivity index (χ1n) is 6.05. The molecule has 0 atom stereocenters. The Morgan fingerprint density at radius 1 is 1.59 bits per heavy atom. The number of nitrogens with zero attached hydrogens (tertiary/aromatic N) is 1. The zero-order chi connectivity index (χ0) is 12.3. The molecule has 1 saturated carbocycles. The minimum absolute atomic E-state index is 0.0999. The zero-order valence-electron chi connectivity index (χ0n) is 10.0. The normalized spacial score (nSPS) is 17.3. The van der Waals surface area contributed by atoms with Crippen molar-refractivity contribution >= 4 is 17.5 Å². The van der Waals surface area contributed by atoms with Crippen LogP contribution in [-0.2, 0) is 0 Å². The van der Waals surface area contributed by atoms with E-state index in [1.54, 1.807) is 12.3 Å². The molecule has 1 fully saturated rings. The molecule has 4 heteroatoms. The first-order chi connectivity index (χ1) is 8.17. The Morgan fingerprint density at radius 2 is 2.35 bits per heavy atom. The summed E-state index contributed by atoms with van der Waals surface area (Å²) in [5.74, 6) is -0.0999. The third kappa shape index (κ3) is 2.60. The average molecular weight is 253 g/mol. The maximum Gasteiger partial charge on any atom is 0.252 e. The van der Waals surface area contributed by atoms with Crippen molar-refractivity contribution in [3.63, 3.8) is 0 Å². The van der Waals surface area contributed by atoms with Gasteiger partial charge in [0.05, 0.1) is 10.6 Å². The molecule has 1 aliphatic carbocycles. The van der Waals surface area contributed by atoms with Gasteiger partial charge < -0.3 is 5.32 Å². The summed E-state index contributed by atoms with van der Waals surface area (Å²) in [6.07, 6.45) is 7.91. The summed E-state index contributed by atoms with van der Waals surface area (Å²) in [7, 11) is 0. The van der Waals surface area contributed by atoms with Crippen LogP contribution in [0.2, 0.25) is 5.02 Å². The standard InChI is InChI=1S/C13H17ClN2O/c1-2-13(5-3-6-13)9-16-12(17)10-4-7-15-8-11(10)14/h4,7-8H,2-3,5-6,9H2,1H3,(H,16,17). The maximum atomic E-state index is 11.9. The molecule has 17 heavy (non-hydrogen) atoms. The highest BCUT2D eigenvalue weighted by Crippen LogP contribution is 2.43. The predicted octanol–water partition coefficient (Wildman–Crippen LogP) is 3.05. The Labute approximate surface area is 107 Å². The molecule has 1 aliphatic rings. The number of hydrogen-bond acceptors (Lipinski definition) is 2. The van der Waals surface area contributed by atoms with Gasteiger partial charge in [-0.15, -0.1) is 0 Å². The lowest BCUT2D eigenvalue weighted by molar-refractivity contribution is 0.0850. The number of nitrogens with one attached hydrogen (secondary N) is 1. The van der Waals surface area contributed by atoms with Crippen molar-refractivity contribution in [3.8, 4) is 0 Å². The van der Waals surface area contributed by atoms with Crippen LogP contribution in [0.4, 0.5) is 0 Å². The number of amides is 1. The molecule has 92 valence electrons. The molecule has 0 aliphatic heterocycles. The lowest BCUT2D eigenvalue weighted by Crippen LogP contribution is -2.41. The zero-order valence-corrected chi connectivity index (χ0v) is 10.8. The fourth-order valence-electron chi connectivity index (χ4n) is 2.25. The molecule has 1 aromatic heterocycles. The Balaban J connectivity index is 1.96. The second kappa shape index (κ2) is 5.05. The van der Waals surface area contributed by atoms with Crippen molar-refractivity contribution in [2.45, 2.75) is 32.6 Å². The van der Waals surface area contributed by atoms with Gasteiger partial charge in [-0.2, -0.15) is 0 Å². The number of pyridine rings is 1. The van der Waals surface area contributed by atoms with Gasteiger partial charge in [-0.3, -0.25) is 9.78 Å². The first kappa shape index (κ1) is 12.4. The first-order valence-corrected chi connectivity index (χ1v) is 6.42. The highest BCUT2D eigenvalue weighted by Gasteiger charge is 2.35. The Morgan fingerprint density at radius 3 is 2.88 bits per heavy atom. The Bertz CT molecular complexity index is 410. The van der Waals surface area contributed by atoms with Crippen LogP contribution < -0.4 is 5.32 Å². The van der Waals surface area contributed by atoms with Gasteiger partial charge >= 0.3 is 0 Å².